The van der Waals surface area contributed by atoms with Crippen molar-refractivity contribution in [1.29, 1.82) is 0 Å². The minimum absolute atomic E-state index is 0.265. The van der Waals surface area contributed by atoms with Crippen molar-refractivity contribution in [2.45, 2.75) is 32.7 Å². The molecule has 1 heterocycles. The number of nitrogens with two attached hydrogens (primary N) is 1. The Morgan fingerprint density at radius 3 is 2.62 bits per heavy atom. The summed E-state index contributed by atoms with van der Waals surface area (Å²) in [5.41, 5.74) is 10.1. The number of aryl methyl sites for hydroxylation is 2. The van der Waals surface area contributed by atoms with Gasteiger partial charge in [0, 0.05) is 36.1 Å². The molecule has 2 N–H and O–H groups in total. The van der Waals surface area contributed by atoms with Crippen LogP contribution in [0.1, 0.15) is 24.6 Å². The normalized spacial score (nSPS) is 13.2. The van der Waals surface area contributed by atoms with Gasteiger partial charge in [-0.1, -0.05) is 25.1 Å². The van der Waals surface area contributed by atoms with Crippen LogP contribution in [-0.2, 0) is 13.5 Å². The first-order valence-corrected chi connectivity index (χ1v) is 5.93. The Hall–Kier alpha value is -1.28. The Morgan fingerprint density at radius 1 is 1.31 bits per heavy atom. The molecule has 0 aliphatic heterocycles. The summed E-state index contributed by atoms with van der Waals surface area (Å²) in [6.07, 6.45) is 1.99. The average molecular weight is 216 g/mol. The molecule has 0 aliphatic rings. The molecular weight excluding hydrogens is 196 g/mol. The van der Waals surface area contributed by atoms with E-state index in [2.05, 4.69) is 49.7 Å². The lowest BCUT2D eigenvalue weighted by atomic mass is 10.1. The topological polar surface area (TPSA) is 30.9 Å². The van der Waals surface area contributed by atoms with Crippen LogP contribution >= 0.6 is 0 Å². The highest BCUT2D eigenvalue weighted by atomic mass is 15.0. The maximum atomic E-state index is 6.05. The van der Waals surface area contributed by atoms with Crippen LogP contribution in [0.15, 0.2) is 24.3 Å². The number of nitrogens with zero attached hydrogens (tertiary/aromatic N) is 1. The van der Waals surface area contributed by atoms with Crippen LogP contribution in [0.2, 0.25) is 0 Å². The summed E-state index contributed by atoms with van der Waals surface area (Å²) in [5.74, 6) is 0. The van der Waals surface area contributed by atoms with E-state index in [9.17, 15) is 0 Å². The van der Waals surface area contributed by atoms with E-state index in [4.69, 9.17) is 5.73 Å². The highest BCUT2D eigenvalue weighted by Gasteiger charge is 2.12. The zero-order chi connectivity index (χ0) is 11.7. The third-order valence-electron chi connectivity index (χ3n) is 3.49. The third kappa shape index (κ3) is 1.74. The molecule has 1 aromatic heterocycles. The lowest BCUT2D eigenvalue weighted by Crippen LogP contribution is -2.23. The minimum Gasteiger partial charge on any atom is -0.347 e. The lowest BCUT2D eigenvalue weighted by Gasteiger charge is -2.11. The molecule has 2 aromatic rings. The number of fused-ring (bicyclic) bond motifs is 1. The van der Waals surface area contributed by atoms with Gasteiger partial charge in [0.2, 0.25) is 0 Å². The second kappa shape index (κ2) is 4.30. The first-order chi connectivity index (χ1) is 7.65. The van der Waals surface area contributed by atoms with E-state index in [0.29, 0.717) is 0 Å². The van der Waals surface area contributed by atoms with Crippen molar-refractivity contribution in [1.82, 2.24) is 4.57 Å². The summed E-state index contributed by atoms with van der Waals surface area (Å²) in [4.78, 5) is 0. The third-order valence-corrected chi connectivity index (χ3v) is 3.49. The van der Waals surface area contributed by atoms with E-state index < -0.39 is 0 Å². The van der Waals surface area contributed by atoms with E-state index in [0.717, 1.165) is 12.8 Å². The highest BCUT2D eigenvalue weighted by Crippen LogP contribution is 2.25. The van der Waals surface area contributed by atoms with Crippen LogP contribution < -0.4 is 5.73 Å². The molecule has 2 rings (SSSR count). The van der Waals surface area contributed by atoms with Gasteiger partial charge in [-0.15, -0.1) is 0 Å². The van der Waals surface area contributed by atoms with Crippen LogP contribution in [0.5, 0.6) is 0 Å². The fourth-order valence-electron chi connectivity index (χ4n) is 2.32. The predicted octanol–water partition coefficient (Wildman–Crippen LogP) is 2.77. The van der Waals surface area contributed by atoms with Gasteiger partial charge >= 0.3 is 0 Å². The maximum Gasteiger partial charge on any atom is 0.0482 e. The van der Waals surface area contributed by atoms with Gasteiger partial charge in [0.25, 0.3) is 0 Å². The number of benzene rings is 1. The predicted molar refractivity (Wildman–Crippen MR) is 69.6 cm³/mol. The van der Waals surface area contributed by atoms with Crippen molar-refractivity contribution in [3.8, 4) is 0 Å². The second-order valence-electron chi connectivity index (χ2n) is 4.52. The van der Waals surface area contributed by atoms with Crippen molar-refractivity contribution in [3.05, 3.63) is 35.5 Å². The number of para-hydroxylation sites is 1. The van der Waals surface area contributed by atoms with Crippen molar-refractivity contribution in [3.63, 3.8) is 0 Å². The molecule has 0 bridgehead atoms. The van der Waals surface area contributed by atoms with Crippen LogP contribution in [0, 0.1) is 6.92 Å². The molecule has 2 heteroatoms. The molecule has 1 atom stereocenters. The van der Waals surface area contributed by atoms with Crippen molar-refractivity contribution in [2.24, 2.45) is 12.8 Å². The monoisotopic (exact) mass is 216 g/mol. The van der Waals surface area contributed by atoms with Crippen LogP contribution in [0.25, 0.3) is 10.9 Å². The van der Waals surface area contributed by atoms with Crippen LogP contribution in [-0.4, -0.2) is 10.6 Å². The molecule has 0 aliphatic carbocycles. The van der Waals surface area contributed by atoms with E-state index in [1.165, 1.54) is 22.2 Å². The van der Waals surface area contributed by atoms with E-state index in [-0.39, 0.29) is 6.04 Å². The fraction of sp³-hybridized carbons (Fsp3) is 0.429. The molecule has 0 fully saturated rings. The Bertz CT molecular complexity index is 458. The lowest BCUT2D eigenvalue weighted by molar-refractivity contribution is 0.621. The summed E-state index contributed by atoms with van der Waals surface area (Å²) >= 11 is 0. The Labute approximate surface area is 97.1 Å². The quantitative estimate of drug-likeness (QED) is 0.840. The summed E-state index contributed by atoms with van der Waals surface area (Å²) in [7, 11) is 2.13. The Kier molecular flexibility index (Phi) is 3.01. The molecule has 0 radical (unpaired) electrons. The van der Waals surface area contributed by atoms with Crippen LogP contribution in [0.3, 0.4) is 0 Å². The molecule has 16 heavy (non-hydrogen) atoms. The van der Waals surface area contributed by atoms with E-state index in [1.54, 1.807) is 0 Å². The smallest absolute Gasteiger partial charge is 0.0482 e. The molecule has 1 aromatic carbocycles. The first-order valence-electron chi connectivity index (χ1n) is 5.93. The van der Waals surface area contributed by atoms with Crippen molar-refractivity contribution in [2.75, 3.05) is 0 Å². The fourth-order valence-corrected chi connectivity index (χ4v) is 2.32. The number of hydrogen-bond acceptors (Lipinski definition) is 1. The van der Waals surface area contributed by atoms with Gasteiger partial charge in [0.05, 0.1) is 0 Å². The Morgan fingerprint density at radius 2 is 2.00 bits per heavy atom. The van der Waals surface area contributed by atoms with Gasteiger partial charge in [0.1, 0.15) is 0 Å². The number of rotatable bonds is 3. The zero-order valence-corrected chi connectivity index (χ0v) is 10.3. The van der Waals surface area contributed by atoms with Crippen molar-refractivity contribution >= 4 is 10.9 Å². The van der Waals surface area contributed by atoms with Gasteiger partial charge in [0.15, 0.2) is 0 Å². The summed E-state index contributed by atoms with van der Waals surface area (Å²) in [5, 5.41) is 1.35. The molecule has 0 amide bonds. The average Bonchev–Trinajstić information content (AvgIpc) is 2.55. The van der Waals surface area contributed by atoms with Gasteiger partial charge in [-0.2, -0.15) is 0 Å². The largest absolute Gasteiger partial charge is 0.347 e. The molecular formula is C14H20N2. The molecule has 2 nitrogen and oxygen atoms in total. The summed E-state index contributed by atoms with van der Waals surface area (Å²) < 4.78 is 2.28. The molecule has 0 spiro atoms. The van der Waals surface area contributed by atoms with E-state index >= 15 is 0 Å². The van der Waals surface area contributed by atoms with Crippen LogP contribution in [0.4, 0.5) is 0 Å². The maximum absolute atomic E-state index is 6.05. The van der Waals surface area contributed by atoms with Gasteiger partial charge < -0.3 is 10.3 Å². The summed E-state index contributed by atoms with van der Waals surface area (Å²) in [6, 6.07) is 8.81. The van der Waals surface area contributed by atoms with Gasteiger partial charge in [-0.3, -0.25) is 0 Å². The second-order valence-corrected chi connectivity index (χ2v) is 4.52. The molecule has 0 saturated heterocycles. The van der Waals surface area contributed by atoms with Gasteiger partial charge in [-0.25, -0.2) is 0 Å². The van der Waals surface area contributed by atoms with E-state index in [1.807, 2.05) is 0 Å². The Balaban J connectivity index is 2.53. The van der Waals surface area contributed by atoms with Crippen molar-refractivity contribution < 1.29 is 0 Å². The number of hydrogen-bond donors (Lipinski definition) is 1. The minimum atomic E-state index is 0.265. The standard InChI is InChI=1S/C14H20N2/c1-4-11(15)9-14-10(2)12-7-5-6-8-13(12)16(14)3/h5-8,11H,4,9,15H2,1-3H3. The SMILES string of the molecule is CCC(N)Cc1c(C)c2ccccc2n1C. The zero-order valence-electron chi connectivity index (χ0n) is 10.3. The molecule has 86 valence electrons. The highest BCUT2D eigenvalue weighted by molar-refractivity contribution is 5.85. The molecule has 0 saturated carbocycles. The summed E-state index contributed by atoms with van der Waals surface area (Å²) in [6.45, 7) is 4.34. The molecule has 1 unspecified atom stereocenters. The number of aromatic nitrogens is 1. The van der Waals surface area contributed by atoms with Gasteiger partial charge in [-0.05, 0) is 25.0 Å². The first kappa shape index (κ1) is 11.2.